The number of anilines is 1. The number of hydrogen-bond donors (Lipinski definition) is 1. The predicted octanol–water partition coefficient (Wildman–Crippen LogP) is 4.36. The Kier molecular flexibility index (Phi) is 6.80. The summed E-state index contributed by atoms with van der Waals surface area (Å²) in [5.74, 6) is 0. The third kappa shape index (κ3) is 5.37. The van der Waals surface area contributed by atoms with E-state index < -0.39 is 0 Å². The average Bonchev–Trinajstić information content (AvgIpc) is 3.24. The molecule has 0 aliphatic carbocycles. The van der Waals surface area contributed by atoms with E-state index in [2.05, 4.69) is 34.5 Å². The van der Waals surface area contributed by atoms with Gasteiger partial charge in [0.25, 0.3) is 0 Å². The second-order valence-corrected chi connectivity index (χ2v) is 8.05. The van der Waals surface area contributed by atoms with Crippen LogP contribution in [0.1, 0.15) is 31.2 Å². The Morgan fingerprint density at radius 1 is 0.931 bits per heavy atom. The summed E-state index contributed by atoms with van der Waals surface area (Å²) in [5, 5.41) is 3.00. The van der Waals surface area contributed by atoms with Crippen LogP contribution in [0.5, 0.6) is 0 Å². The Morgan fingerprint density at radius 3 is 2.34 bits per heavy atom. The normalized spacial score (nSPS) is 20.7. The van der Waals surface area contributed by atoms with Crippen molar-refractivity contribution in [2.75, 3.05) is 31.6 Å². The average molecular weight is 394 g/mol. The maximum absolute atomic E-state index is 12.5. The highest BCUT2D eigenvalue weighted by Gasteiger charge is 2.33. The zero-order valence-electron chi connectivity index (χ0n) is 17.0. The van der Waals surface area contributed by atoms with Crippen LogP contribution < -0.4 is 5.32 Å². The van der Waals surface area contributed by atoms with Crippen molar-refractivity contribution in [1.82, 2.24) is 9.80 Å². The number of carbonyl (C=O) groups is 1. The summed E-state index contributed by atoms with van der Waals surface area (Å²) in [6.45, 7) is 4.27. The zero-order valence-corrected chi connectivity index (χ0v) is 17.0. The molecular weight excluding hydrogens is 362 g/mol. The number of benzene rings is 2. The number of nitrogens with one attached hydrogen (secondary N) is 1. The fourth-order valence-corrected chi connectivity index (χ4v) is 4.53. The van der Waals surface area contributed by atoms with Gasteiger partial charge in [-0.25, -0.2) is 4.79 Å². The van der Waals surface area contributed by atoms with E-state index in [1.165, 1.54) is 18.4 Å². The van der Waals surface area contributed by atoms with Crippen LogP contribution in [0.2, 0.25) is 0 Å². The summed E-state index contributed by atoms with van der Waals surface area (Å²) in [4.78, 5) is 17.1. The quantitative estimate of drug-likeness (QED) is 0.793. The number of piperidine rings is 1. The van der Waals surface area contributed by atoms with E-state index >= 15 is 0 Å². The van der Waals surface area contributed by atoms with Crippen molar-refractivity contribution in [3.05, 3.63) is 66.2 Å². The van der Waals surface area contributed by atoms with E-state index in [0.29, 0.717) is 18.7 Å². The molecule has 1 unspecified atom stereocenters. The van der Waals surface area contributed by atoms with E-state index in [4.69, 9.17) is 4.74 Å². The lowest BCUT2D eigenvalue weighted by molar-refractivity contribution is 0.0374. The summed E-state index contributed by atoms with van der Waals surface area (Å²) >= 11 is 0. The van der Waals surface area contributed by atoms with Crippen LogP contribution >= 0.6 is 0 Å². The molecule has 2 aromatic rings. The van der Waals surface area contributed by atoms with Crippen LogP contribution in [0.15, 0.2) is 60.7 Å². The predicted molar refractivity (Wildman–Crippen MR) is 116 cm³/mol. The Balaban J connectivity index is 1.22. The summed E-state index contributed by atoms with van der Waals surface area (Å²) in [5.41, 5.74) is 2.09. The van der Waals surface area contributed by atoms with Crippen molar-refractivity contribution in [3.63, 3.8) is 0 Å². The van der Waals surface area contributed by atoms with Gasteiger partial charge in [0.1, 0.15) is 0 Å². The minimum atomic E-state index is 0.0128. The van der Waals surface area contributed by atoms with Crippen molar-refractivity contribution < 1.29 is 9.53 Å². The van der Waals surface area contributed by atoms with Gasteiger partial charge < -0.3 is 15.0 Å². The molecule has 0 saturated carbocycles. The van der Waals surface area contributed by atoms with Crippen molar-refractivity contribution in [2.24, 2.45) is 0 Å². The summed E-state index contributed by atoms with van der Waals surface area (Å²) in [7, 11) is 0. The maximum Gasteiger partial charge on any atom is 0.321 e. The molecule has 2 aliphatic heterocycles. The molecule has 2 aliphatic rings. The molecule has 0 radical (unpaired) electrons. The van der Waals surface area contributed by atoms with E-state index in [1.807, 2.05) is 41.3 Å². The number of carbonyl (C=O) groups excluding carboxylic acids is 1. The van der Waals surface area contributed by atoms with Gasteiger partial charge in [-0.15, -0.1) is 0 Å². The lowest BCUT2D eigenvalue weighted by atomic mass is 10.0. The van der Waals surface area contributed by atoms with Gasteiger partial charge in [-0.05, 0) is 49.9 Å². The summed E-state index contributed by atoms with van der Waals surface area (Å²) in [6.07, 6.45) is 4.53. The molecule has 0 spiro atoms. The Labute approximate surface area is 173 Å². The van der Waals surface area contributed by atoms with Crippen LogP contribution in [-0.4, -0.2) is 54.2 Å². The number of ether oxygens (including phenoxy) is 1. The lowest BCUT2D eigenvalue weighted by Gasteiger charge is -2.39. The number of likely N-dealkylation sites (tertiary alicyclic amines) is 2. The van der Waals surface area contributed by atoms with Crippen molar-refractivity contribution >= 4 is 11.7 Å². The first kappa shape index (κ1) is 19.9. The lowest BCUT2D eigenvalue weighted by Crippen LogP contribution is -2.50. The second kappa shape index (κ2) is 9.90. The highest BCUT2D eigenvalue weighted by Crippen LogP contribution is 2.26. The molecule has 1 N–H and O–H groups in total. The molecule has 2 saturated heterocycles. The molecule has 4 rings (SSSR count). The van der Waals surface area contributed by atoms with Crippen LogP contribution in [0, 0.1) is 0 Å². The molecule has 0 bridgehead atoms. The third-order valence-corrected chi connectivity index (χ3v) is 6.09. The van der Waals surface area contributed by atoms with Gasteiger partial charge in [-0.3, -0.25) is 4.90 Å². The largest absolute Gasteiger partial charge is 0.375 e. The van der Waals surface area contributed by atoms with Crippen LogP contribution in [0.4, 0.5) is 10.5 Å². The Bertz CT molecular complexity index is 760. The molecule has 2 aromatic carbocycles. The summed E-state index contributed by atoms with van der Waals surface area (Å²) < 4.78 is 6.03. The molecule has 2 amide bonds. The number of hydrogen-bond acceptors (Lipinski definition) is 3. The monoisotopic (exact) mass is 393 g/mol. The van der Waals surface area contributed by atoms with Gasteiger partial charge >= 0.3 is 6.03 Å². The van der Waals surface area contributed by atoms with E-state index in [0.717, 1.165) is 44.8 Å². The molecule has 5 nitrogen and oxygen atoms in total. The van der Waals surface area contributed by atoms with Gasteiger partial charge in [0.15, 0.2) is 0 Å². The smallest absolute Gasteiger partial charge is 0.321 e. The fourth-order valence-electron chi connectivity index (χ4n) is 4.53. The highest BCUT2D eigenvalue weighted by atomic mass is 16.5. The number of nitrogens with zero attached hydrogens (tertiary/aromatic N) is 2. The zero-order chi connectivity index (χ0) is 19.9. The first-order valence-electron chi connectivity index (χ1n) is 10.8. The van der Waals surface area contributed by atoms with Crippen molar-refractivity contribution in [1.29, 1.82) is 0 Å². The van der Waals surface area contributed by atoms with Crippen molar-refractivity contribution in [3.8, 4) is 0 Å². The molecule has 2 fully saturated rings. The van der Waals surface area contributed by atoms with E-state index in [9.17, 15) is 4.79 Å². The third-order valence-electron chi connectivity index (χ3n) is 6.09. The van der Waals surface area contributed by atoms with Crippen molar-refractivity contribution in [2.45, 2.75) is 44.4 Å². The molecule has 29 heavy (non-hydrogen) atoms. The molecule has 5 heteroatoms. The van der Waals surface area contributed by atoms with E-state index in [-0.39, 0.29) is 6.03 Å². The fraction of sp³-hybridized carbons (Fsp3) is 0.458. The first-order chi connectivity index (χ1) is 14.3. The van der Waals surface area contributed by atoms with Gasteiger partial charge in [-0.2, -0.15) is 0 Å². The molecule has 2 heterocycles. The van der Waals surface area contributed by atoms with Gasteiger partial charge in [-0.1, -0.05) is 48.5 Å². The van der Waals surface area contributed by atoms with Gasteiger partial charge in [0.2, 0.25) is 0 Å². The Hall–Kier alpha value is -2.37. The minimum Gasteiger partial charge on any atom is -0.375 e. The van der Waals surface area contributed by atoms with Crippen LogP contribution in [0.3, 0.4) is 0 Å². The summed E-state index contributed by atoms with van der Waals surface area (Å²) in [6, 6.07) is 21.1. The molecule has 0 aromatic heterocycles. The number of rotatable bonds is 6. The second-order valence-electron chi connectivity index (χ2n) is 8.05. The van der Waals surface area contributed by atoms with Crippen LogP contribution in [-0.2, 0) is 11.3 Å². The van der Waals surface area contributed by atoms with Gasteiger partial charge in [0, 0.05) is 30.9 Å². The number of urea groups is 1. The topological polar surface area (TPSA) is 44.8 Å². The Morgan fingerprint density at radius 2 is 1.62 bits per heavy atom. The first-order valence-corrected chi connectivity index (χ1v) is 10.8. The van der Waals surface area contributed by atoms with E-state index in [1.54, 1.807) is 0 Å². The molecular formula is C24H31N3O2. The van der Waals surface area contributed by atoms with Crippen LogP contribution in [0.25, 0.3) is 0 Å². The standard InChI is InChI=1S/C24H31N3O2/c28-24(25-21-10-5-2-6-11-21)26-16-13-22(14-17-26)27-15-7-12-23(27)19-29-18-20-8-3-1-4-9-20/h1-6,8-11,22-23H,7,12-19H2,(H,25,28). The number of amides is 2. The molecule has 154 valence electrons. The van der Waals surface area contributed by atoms with Gasteiger partial charge in [0.05, 0.1) is 13.2 Å². The SMILES string of the molecule is O=C(Nc1ccccc1)N1CCC(N2CCCC2COCc2ccccc2)CC1. The molecule has 1 atom stereocenters. The minimum absolute atomic E-state index is 0.0128. The maximum atomic E-state index is 12.5. The number of para-hydroxylation sites is 1. The highest BCUT2D eigenvalue weighted by molar-refractivity contribution is 5.89.